The summed E-state index contributed by atoms with van der Waals surface area (Å²) in [6, 6.07) is 14.1. The highest BCUT2D eigenvalue weighted by molar-refractivity contribution is 5.97. The van der Waals surface area contributed by atoms with Gasteiger partial charge in [0, 0.05) is 30.6 Å². The lowest BCUT2D eigenvalue weighted by atomic mass is 9.94. The van der Waals surface area contributed by atoms with Gasteiger partial charge < -0.3 is 24.2 Å². The van der Waals surface area contributed by atoms with Crippen molar-refractivity contribution in [3.8, 4) is 35.4 Å². The SMILES string of the molecule is C#Cc1ccccc1C1CCN(C(=O)c2c(O)n(-c3c(OC)cccc3OC)c(COC(C)C)cc2=O)C1. The molecule has 1 N–H and O–H groups in total. The number of methoxy groups -OCH3 is 2. The van der Waals surface area contributed by atoms with E-state index in [1.54, 1.807) is 23.1 Å². The molecule has 2 heterocycles. The molecule has 0 radical (unpaired) electrons. The van der Waals surface area contributed by atoms with E-state index < -0.39 is 17.2 Å². The third-order valence-electron chi connectivity index (χ3n) is 6.70. The Morgan fingerprint density at radius 1 is 1.13 bits per heavy atom. The van der Waals surface area contributed by atoms with Crippen LogP contribution in [0.1, 0.15) is 53.4 Å². The number of aromatic hydroxyl groups is 1. The van der Waals surface area contributed by atoms with Gasteiger partial charge in [-0.1, -0.05) is 30.2 Å². The zero-order valence-electron chi connectivity index (χ0n) is 22.1. The van der Waals surface area contributed by atoms with Crippen LogP contribution in [0, 0.1) is 12.3 Å². The molecule has 1 aliphatic rings. The summed E-state index contributed by atoms with van der Waals surface area (Å²) < 4.78 is 18.3. The molecule has 38 heavy (non-hydrogen) atoms. The number of rotatable bonds is 8. The number of pyridine rings is 1. The van der Waals surface area contributed by atoms with Gasteiger partial charge in [-0.05, 0) is 44.0 Å². The lowest BCUT2D eigenvalue weighted by Gasteiger charge is -2.23. The number of benzene rings is 2. The van der Waals surface area contributed by atoms with E-state index in [2.05, 4.69) is 5.92 Å². The van der Waals surface area contributed by atoms with Crippen molar-refractivity contribution in [3.05, 3.63) is 81.1 Å². The number of likely N-dealkylation sites (tertiary alicyclic amines) is 1. The van der Waals surface area contributed by atoms with E-state index in [0.717, 1.165) is 11.1 Å². The number of hydrogen-bond acceptors (Lipinski definition) is 6. The molecule has 2 aromatic carbocycles. The highest BCUT2D eigenvalue weighted by Gasteiger charge is 2.33. The molecule has 1 amide bonds. The summed E-state index contributed by atoms with van der Waals surface area (Å²) in [6.45, 7) is 4.56. The first-order valence-electron chi connectivity index (χ1n) is 12.5. The number of amides is 1. The minimum absolute atomic E-state index is 0.0187. The van der Waals surface area contributed by atoms with Crippen LogP contribution >= 0.6 is 0 Å². The van der Waals surface area contributed by atoms with Gasteiger partial charge in [-0.25, -0.2) is 0 Å². The number of ether oxygens (including phenoxy) is 3. The van der Waals surface area contributed by atoms with Crippen molar-refractivity contribution in [3.63, 3.8) is 0 Å². The molecule has 1 saturated heterocycles. The van der Waals surface area contributed by atoms with Crippen LogP contribution in [0.15, 0.2) is 53.3 Å². The lowest BCUT2D eigenvalue weighted by molar-refractivity contribution is 0.0617. The molecule has 1 fully saturated rings. The summed E-state index contributed by atoms with van der Waals surface area (Å²) in [5.41, 5.74) is 1.57. The maximum absolute atomic E-state index is 13.7. The Bertz CT molecular complexity index is 1410. The molecule has 1 aromatic heterocycles. The summed E-state index contributed by atoms with van der Waals surface area (Å²) in [6.07, 6.45) is 6.25. The van der Waals surface area contributed by atoms with E-state index in [1.807, 2.05) is 38.1 Å². The van der Waals surface area contributed by atoms with Gasteiger partial charge >= 0.3 is 0 Å². The summed E-state index contributed by atoms with van der Waals surface area (Å²) in [7, 11) is 2.99. The van der Waals surface area contributed by atoms with Crippen LogP contribution in [0.3, 0.4) is 0 Å². The van der Waals surface area contributed by atoms with Crippen LogP contribution in [0.25, 0.3) is 5.69 Å². The molecule has 8 heteroatoms. The number of carbonyl (C=O) groups is 1. The van der Waals surface area contributed by atoms with E-state index in [4.69, 9.17) is 20.6 Å². The molecule has 0 aliphatic carbocycles. The Morgan fingerprint density at radius 3 is 2.45 bits per heavy atom. The first kappa shape index (κ1) is 26.8. The quantitative estimate of drug-likeness (QED) is 0.454. The van der Waals surface area contributed by atoms with Crippen molar-refractivity contribution < 1.29 is 24.1 Å². The smallest absolute Gasteiger partial charge is 0.263 e. The highest BCUT2D eigenvalue weighted by atomic mass is 16.5. The molecule has 3 aromatic rings. The van der Waals surface area contributed by atoms with Crippen molar-refractivity contribution in [2.45, 2.75) is 38.9 Å². The first-order chi connectivity index (χ1) is 18.3. The molecular formula is C30H32N2O6. The van der Waals surface area contributed by atoms with Gasteiger partial charge in [-0.3, -0.25) is 14.2 Å². The molecule has 8 nitrogen and oxygen atoms in total. The fraction of sp³-hybridized carbons (Fsp3) is 0.333. The summed E-state index contributed by atoms with van der Waals surface area (Å²) in [5.74, 6) is 2.47. The Labute approximate surface area is 222 Å². The number of para-hydroxylation sites is 1. The third kappa shape index (κ3) is 5.11. The number of hydrogen-bond donors (Lipinski definition) is 1. The Balaban J connectivity index is 1.80. The van der Waals surface area contributed by atoms with Gasteiger partial charge in [-0.15, -0.1) is 6.42 Å². The molecule has 4 rings (SSSR count). The summed E-state index contributed by atoms with van der Waals surface area (Å²) >= 11 is 0. The van der Waals surface area contributed by atoms with Gasteiger partial charge in [0.25, 0.3) is 5.91 Å². The molecular weight excluding hydrogens is 484 g/mol. The maximum Gasteiger partial charge on any atom is 0.263 e. The molecule has 1 unspecified atom stereocenters. The second-order valence-electron chi connectivity index (χ2n) is 9.37. The molecule has 1 aliphatic heterocycles. The van der Waals surface area contributed by atoms with E-state index in [9.17, 15) is 14.7 Å². The van der Waals surface area contributed by atoms with Gasteiger partial charge in [0.1, 0.15) is 22.7 Å². The summed E-state index contributed by atoms with van der Waals surface area (Å²) in [4.78, 5) is 28.6. The van der Waals surface area contributed by atoms with Crippen LogP contribution in [0.4, 0.5) is 0 Å². The number of aromatic nitrogens is 1. The minimum atomic E-state index is -0.590. The average molecular weight is 517 g/mol. The van der Waals surface area contributed by atoms with Crippen LogP contribution in [0.5, 0.6) is 17.4 Å². The van der Waals surface area contributed by atoms with Crippen molar-refractivity contribution in [1.29, 1.82) is 0 Å². The van der Waals surface area contributed by atoms with Gasteiger partial charge in [-0.2, -0.15) is 0 Å². The molecule has 0 spiro atoms. The van der Waals surface area contributed by atoms with E-state index in [1.165, 1.54) is 24.9 Å². The first-order valence-corrected chi connectivity index (χ1v) is 12.5. The Hall–Kier alpha value is -4.22. The van der Waals surface area contributed by atoms with Crippen molar-refractivity contribution in [2.75, 3.05) is 27.3 Å². The molecule has 198 valence electrons. The van der Waals surface area contributed by atoms with Crippen LogP contribution in [0.2, 0.25) is 0 Å². The second kappa shape index (κ2) is 11.4. The minimum Gasteiger partial charge on any atom is -0.494 e. The van der Waals surface area contributed by atoms with Crippen molar-refractivity contribution >= 4 is 5.91 Å². The van der Waals surface area contributed by atoms with Gasteiger partial charge in [0.05, 0.1) is 32.6 Å². The number of carbonyl (C=O) groups excluding carboxylic acids is 1. The standard InChI is InChI=1S/C30H32N2O6/c1-6-20-10-7-8-11-23(20)21-14-15-31(17-21)29(34)27-24(33)16-22(18-38-19(2)3)32(30(27)35)28-25(36-4)12-9-13-26(28)37-5/h1,7-13,16,19,21,35H,14-15,17-18H2,2-5H3. The Kier molecular flexibility index (Phi) is 8.08. The van der Waals surface area contributed by atoms with E-state index in [-0.39, 0.29) is 24.2 Å². The fourth-order valence-corrected chi connectivity index (χ4v) is 4.85. The summed E-state index contributed by atoms with van der Waals surface area (Å²) in [5, 5.41) is 11.5. The van der Waals surface area contributed by atoms with E-state index in [0.29, 0.717) is 42.4 Å². The number of terminal acetylenes is 1. The van der Waals surface area contributed by atoms with Crippen LogP contribution in [-0.4, -0.2) is 53.9 Å². The average Bonchev–Trinajstić information content (AvgIpc) is 3.41. The zero-order chi connectivity index (χ0) is 27.4. The van der Waals surface area contributed by atoms with Crippen LogP contribution in [-0.2, 0) is 11.3 Å². The molecule has 0 saturated carbocycles. The van der Waals surface area contributed by atoms with E-state index >= 15 is 0 Å². The maximum atomic E-state index is 13.7. The largest absolute Gasteiger partial charge is 0.494 e. The lowest BCUT2D eigenvalue weighted by Crippen LogP contribution is -2.33. The third-order valence-corrected chi connectivity index (χ3v) is 6.70. The normalized spacial score (nSPS) is 14.9. The van der Waals surface area contributed by atoms with Crippen LogP contribution < -0.4 is 14.9 Å². The predicted octanol–water partition coefficient (Wildman–Crippen LogP) is 4.10. The zero-order valence-corrected chi connectivity index (χ0v) is 22.1. The van der Waals surface area contributed by atoms with Gasteiger partial charge in [0.2, 0.25) is 5.88 Å². The van der Waals surface area contributed by atoms with Crippen molar-refractivity contribution in [1.82, 2.24) is 9.47 Å². The molecule has 1 atom stereocenters. The number of nitrogens with zero attached hydrogens (tertiary/aromatic N) is 2. The Morgan fingerprint density at radius 2 is 1.82 bits per heavy atom. The highest BCUT2D eigenvalue weighted by Crippen LogP contribution is 2.38. The second-order valence-corrected chi connectivity index (χ2v) is 9.37. The monoisotopic (exact) mass is 516 g/mol. The van der Waals surface area contributed by atoms with Gasteiger partial charge in [0.15, 0.2) is 5.43 Å². The molecule has 0 bridgehead atoms. The fourth-order valence-electron chi connectivity index (χ4n) is 4.85. The van der Waals surface area contributed by atoms with Crippen molar-refractivity contribution in [2.24, 2.45) is 0 Å². The topological polar surface area (TPSA) is 90.2 Å². The predicted molar refractivity (Wildman–Crippen MR) is 144 cm³/mol.